The molecule has 0 saturated carbocycles. The molecule has 2 aromatic carbocycles. The second-order valence-corrected chi connectivity index (χ2v) is 10.3. The van der Waals surface area contributed by atoms with Crippen molar-refractivity contribution in [1.29, 1.82) is 0 Å². The summed E-state index contributed by atoms with van der Waals surface area (Å²) in [6.45, 7) is 12.0. The van der Waals surface area contributed by atoms with Crippen LogP contribution in [0.3, 0.4) is 0 Å². The maximum atomic E-state index is 14.1. The topological polar surface area (TPSA) is 122 Å². The Morgan fingerprint density at radius 1 is 1.14 bits per heavy atom. The molecule has 10 heteroatoms. The standard InChI is InChI=1S/C23H25F2N3O2.C4H10.C3H6O.C2H5NO/c1-14-11-19(24)18(22(26)21(14)25)9-6-10-20(29)28-13-16(12-15(28)2)23(30)27-17-7-4-3-5-8-17;1-4(2)3;1-2-3-4;1-3-2-4/h3-9,11,15-16H,10,12-13,26H2,1-2H3,(H,27,30);4H,1-3H3;3H,2H2,1H3;2H,1H3,(H,3,4)/b9-6+;;;. The van der Waals surface area contributed by atoms with Gasteiger partial charge in [0.1, 0.15) is 17.9 Å². The molecule has 4 N–H and O–H groups in total. The van der Waals surface area contributed by atoms with Gasteiger partial charge in [-0.15, -0.1) is 0 Å². The van der Waals surface area contributed by atoms with E-state index >= 15 is 0 Å². The Morgan fingerprint density at radius 3 is 2.19 bits per heavy atom. The SMILES string of the molecule is CC(C)C.CCC=O.CNC=O.Cc1cc(F)c(/C=C/CC(=O)N2CC(C(=O)Nc3ccccc3)CC2C)c(N)c1F. The van der Waals surface area contributed by atoms with Gasteiger partial charge in [-0.1, -0.05) is 58.0 Å². The lowest BCUT2D eigenvalue weighted by Gasteiger charge is -2.20. The molecule has 0 spiro atoms. The highest BCUT2D eigenvalue weighted by atomic mass is 19.1. The zero-order chi connectivity index (χ0) is 32.2. The quantitative estimate of drug-likeness (QED) is 0.281. The number of halogens is 2. The molecule has 0 aromatic heterocycles. The Labute approximate surface area is 248 Å². The molecule has 1 fully saturated rings. The number of aryl methyl sites for hydroxylation is 1. The summed E-state index contributed by atoms with van der Waals surface area (Å²) in [4.78, 5) is 45.0. The number of hydrogen-bond acceptors (Lipinski definition) is 5. The summed E-state index contributed by atoms with van der Waals surface area (Å²) in [6, 6.07) is 10.1. The molecule has 0 aliphatic carbocycles. The van der Waals surface area contributed by atoms with Gasteiger partial charge in [0.15, 0.2) is 0 Å². The number of nitrogens with two attached hydrogens (primary N) is 1. The maximum absolute atomic E-state index is 14.1. The minimum absolute atomic E-state index is 0.00569. The van der Waals surface area contributed by atoms with E-state index in [1.54, 1.807) is 11.9 Å². The molecule has 2 unspecified atom stereocenters. The summed E-state index contributed by atoms with van der Waals surface area (Å²) < 4.78 is 28.0. The van der Waals surface area contributed by atoms with Crippen LogP contribution in [-0.4, -0.2) is 49.0 Å². The van der Waals surface area contributed by atoms with Crippen LogP contribution in [0.5, 0.6) is 0 Å². The van der Waals surface area contributed by atoms with Crippen LogP contribution in [0.2, 0.25) is 0 Å². The first-order valence-corrected chi connectivity index (χ1v) is 13.9. The van der Waals surface area contributed by atoms with Crippen molar-refractivity contribution in [3.05, 3.63) is 65.2 Å². The van der Waals surface area contributed by atoms with Gasteiger partial charge in [-0.05, 0) is 49.9 Å². The molecule has 1 aliphatic heterocycles. The number of rotatable bonds is 7. The molecule has 1 saturated heterocycles. The van der Waals surface area contributed by atoms with Gasteiger partial charge in [0.25, 0.3) is 0 Å². The number of nitrogens with zero attached hydrogens (tertiary/aromatic N) is 1. The van der Waals surface area contributed by atoms with Crippen molar-refractivity contribution in [2.75, 3.05) is 24.6 Å². The number of nitrogens with one attached hydrogen (secondary N) is 2. The smallest absolute Gasteiger partial charge is 0.229 e. The molecular formula is C32H46F2N4O4. The Kier molecular flexibility index (Phi) is 18.7. The van der Waals surface area contributed by atoms with Crippen LogP contribution in [0, 0.1) is 30.4 Å². The molecule has 232 valence electrons. The Bertz CT molecular complexity index is 1150. The van der Waals surface area contributed by atoms with Crippen molar-refractivity contribution >= 4 is 42.0 Å². The highest BCUT2D eigenvalue weighted by Gasteiger charge is 2.35. The Hall–Kier alpha value is -4.08. The number of para-hydroxylation sites is 1. The maximum Gasteiger partial charge on any atom is 0.229 e. The van der Waals surface area contributed by atoms with Crippen LogP contribution < -0.4 is 16.4 Å². The summed E-state index contributed by atoms with van der Waals surface area (Å²) in [5.74, 6) is -1.07. The summed E-state index contributed by atoms with van der Waals surface area (Å²) in [5.41, 5.74) is 6.15. The fourth-order valence-corrected chi connectivity index (χ4v) is 3.69. The number of likely N-dealkylation sites (tertiary alicyclic amines) is 1. The van der Waals surface area contributed by atoms with Gasteiger partial charge in [0.05, 0.1) is 11.6 Å². The zero-order valence-corrected chi connectivity index (χ0v) is 25.7. The van der Waals surface area contributed by atoms with Crippen LogP contribution in [0.25, 0.3) is 6.08 Å². The molecule has 42 heavy (non-hydrogen) atoms. The third-order valence-electron chi connectivity index (χ3n) is 5.64. The van der Waals surface area contributed by atoms with E-state index in [0.29, 0.717) is 31.5 Å². The predicted molar refractivity (Wildman–Crippen MR) is 166 cm³/mol. The van der Waals surface area contributed by atoms with E-state index in [1.165, 1.54) is 19.1 Å². The number of hydrogen-bond donors (Lipinski definition) is 3. The second kappa shape index (κ2) is 20.7. The van der Waals surface area contributed by atoms with Crippen LogP contribution in [0.4, 0.5) is 20.2 Å². The monoisotopic (exact) mass is 588 g/mol. The van der Waals surface area contributed by atoms with Gasteiger partial charge in [0, 0.05) is 43.7 Å². The number of amides is 3. The van der Waals surface area contributed by atoms with Gasteiger partial charge in [0.2, 0.25) is 18.2 Å². The predicted octanol–water partition coefficient (Wildman–Crippen LogP) is 5.75. The molecule has 1 aliphatic rings. The highest BCUT2D eigenvalue weighted by molar-refractivity contribution is 5.93. The number of nitrogen functional groups attached to an aromatic ring is 1. The van der Waals surface area contributed by atoms with Crippen molar-refractivity contribution in [2.45, 2.75) is 66.8 Å². The third kappa shape index (κ3) is 14.0. The van der Waals surface area contributed by atoms with Crippen molar-refractivity contribution in [1.82, 2.24) is 10.2 Å². The molecule has 0 radical (unpaired) electrons. The lowest BCUT2D eigenvalue weighted by molar-refractivity contribution is -0.131. The first kappa shape index (κ1) is 37.9. The fourth-order valence-electron chi connectivity index (χ4n) is 3.69. The molecule has 8 nitrogen and oxygen atoms in total. The van der Waals surface area contributed by atoms with Gasteiger partial charge in [-0.3, -0.25) is 14.4 Å². The van der Waals surface area contributed by atoms with Crippen LogP contribution in [-0.2, 0) is 19.2 Å². The van der Waals surface area contributed by atoms with Crippen LogP contribution >= 0.6 is 0 Å². The number of aldehydes is 1. The minimum atomic E-state index is -0.664. The van der Waals surface area contributed by atoms with E-state index in [0.717, 1.165) is 18.3 Å². The van der Waals surface area contributed by atoms with E-state index < -0.39 is 11.6 Å². The van der Waals surface area contributed by atoms with Crippen molar-refractivity contribution in [2.24, 2.45) is 11.8 Å². The van der Waals surface area contributed by atoms with E-state index in [2.05, 4.69) is 31.4 Å². The van der Waals surface area contributed by atoms with Gasteiger partial charge in [-0.25, -0.2) is 8.78 Å². The fraction of sp³-hybridized carbons (Fsp3) is 0.438. The number of carbonyl (C=O) groups excluding carboxylic acids is 4. The Balaban J connectivity index is 0.00000119. The van der Waals surface area contributed by atoms with Crippen molar-refractivity contribution in [3.8, 4) is 0 Å². The summed E-state index contributed by atoms with van der Waals surface area (Å²) in [7, 11) is 1.56. The van der Waals surface area contributed by atoms with E-state index in [4.69, 9.17) is 10.5 Å². The van der Waals surface area contributed by atoms with E-state index in [-0.39, 0.29) is 47.0 Å². The highest BCUT2D eigenvalue weighted by Crippen LogP contribution is 2.27. The van der Waals surface area contributed by atoms with Crippen LogP contribution in [0.1, 0.15) is 65.0 Å². The Morgan fingerprint density at radius 2 is 1.69 bits per heavy atom. The summed E-state index contributed by atoms with van der Waals surface area (Å²) in [5, 5.41) is 5.12. The zero-order valence-electron chi connectivity index (χ0n) is 25.7. The molecule has 1 heterocycles. The lowest BCUT2D eigenvalue weighted by Crippen LogP contribution is -2.34. The molecule has 3 amide bonds. The third-order valence-corrected chi connectivity index (χ3v) is 5.64. The molecule has 2 aromatic rings. The molecule has 3 rings (SSSR count). The molecule has 0 bridgehead atoms. The number of carbonyl (C=O) groups is 4. The van der Waals surface area contributed by atoms with Crippen molar-refractivity contribution < 1.29 is 28.0 Å². The van der Waals surface area contributed by atoms with Gasteiger partial charge < -0.3 is 26.1 Å². The minimum Gasteiger partial charge on any atom is -0.396 e. The molecule has 2 atom stereocenters. The average molecular weight is 589 g/mol. The van der Waals surface area contributed by atoms with Crippen molar-refractivity contribution in [3.63, 3.8) is 0 Å². The molecular weight excluding hydrogens is 542 g/mol. The van der Waals surface area contributed by atoms with E-state index in [1.807, 2.05) is 44.2 Å². The summed E-state index contributed by atoms with van der Waals surface area (Å²) >= 11 is 0. The largest absolute Gasteiger partial charge is 0.396 e. The normalized spacial score (nSPS) is 15.3. The van der Waals surface area contributed by atoms with E-state index in [9.17, 15) is 23.2 Å². The first-order chi connectivity index (χ1) is 19.8. The number of anilines is 2. The summed E-state index contributed by atoms with van der Waals surface area (Å²) in [6.07, 6.45) is 5.51. The first-order valence-electron chi connectivity index (χ1n) is 13.9. The van der Waals surface area contributed by atoms with Crippen LogP contribution in [0.15, 0.2) is 42.5 Å². The second-order valence-electron chi connectivity index (χ2n) is 10.3. The average Bonchev–Trinajstić information content (AvgIpc) is 3.36. The lowest BCUT2D eigenvalue weighted by atomic mass is 10.1. The van der Waals surface area contributed by atoms with Gasteiger partial charge in [-0.2, -0.15) is 0 Å². The number of benzene rings is 2. The van der Waals surface area contributed by atoms with Gasteiger partial charge >= 0.3 is 0 Å².